The van der Waals surface area contributed by atoms with Gasteiger partial charge in [-0.05, 0) is 54.8 Å². The Morgan fingerprint density at radius 3 is 2.57 bits per heavy atom. The van der Waals surface area contributed by atoms with Crippen molar-refractivity contribution in [3.05, 3.63) is 89.0 Å². The number of anilines is 1. The van der Waals surface area contributed by atoms with E-state index in [0.717, 1.165) is 18.4 Å². The van der Waals surface area contributed by atoms with Crippen LogP contribution < -0.4 is 23.8 Å². The lowest BCUT2D eigenvalue weighted by Crippen LogP contribution is -2.29. The number of hydrogen-bond donors (Lipinski definition) is 1. The third-order valence-corrected chi connectivity index (χ3v) is 9.53. The van der Waals surface area contributed by atoms with Crippen LogP contribution in [-0.2, 0) is 15.3 Å². The minimum absolute atomic E-state index is 0.0857. The summed E-state index contributed by atoms with van der Waals surface area (Å²) < 4.78 is 23.9. The fourth-order valence-corrected chi connectivity index (χ4v) is 7.00. The Bertz CT molecular complexity index is 1760. The molecule has 0 radical (unpaired) electrons. The molecule has 10 nitrogen and oxygen atoms in total. The molecule has 3 aromatic carbocycles. The third kappa shape index (κ3) is 6.54. The Kier molecular flexibility index (Phi) is 9.74. The van der Waals surface area contributed by atoms with Gasteiger partial charge in [0.05, 0.1) is 24.8 Å². The van der Waals surface area contributed by atoms with Crippen LogP contribution in [0.25, 0.3) is 5.76 Å². The topological polar surface area (TPSA) is 120 Å². The van der Waals surface area contributed by atoms with E-state index in [2.05, 4.69) is 17.1 Å². The highest BCUT2D eigenvalue weighted by molar-refractivity contribution is 8.00. The highest BCUT2D eigenvalue weighted by Gasteiger charge is 2.48. The van der Waals surface area contributed by atoms with Crippen LogP contribution in [0.4, 0.5) is 5.13 Å². The predicted octanol–water partition coefficient (Wildman–Crippen LogP) is 6.81. The first kappa shape index (κ1) is 31.4. The number of unbranched alkanes of at least 4 members (excludes halogenated alkanes) is 1. The molecule has 3 heterocycles. The second-order valence-electron chi connectivity index (χ2n) is 10.5. The number of carbonyl (C=O) groups is 2. The fourth-order valence-electron chi connectivity index (χ4n) is 5.18. The maximum Gasteiger partial charge on any atom is 0.301 e. The Hall–Kier alpha value is -4.55. The van der Waals surface area contributed by atoms with Crippen LogP contribution in [-0.4, -0.2) is 53.4 Å². The number of aliphatic hydroxyl groups is 1. The number of hydrogen-bond acceptors (Lipinski definition) is 11. The minimum atomic E-state index is -1.02. The number of aromatic nitrogens is 2. The number of carbonyl (C=O) groups excluding carboxylic acids is 2. The molecule has 46 heavy (non-hydrogen) atoms. The van der Waals surface area contributed by atoms with Crippen molar-refractivity contribution < 1.29 is 33.6 Å². The molecule has 1 aromatic heterocycles. The molecule has 238 valence electrons. The molecule has 0 saturated carbocycles. The lowest BCUT2D eigenvalue weighted by atomic mass is 9.95. The zero-order valence-corrected chi connectivity index (χ0v) is 27.1. The molecule has 12 heteroatoms. The number of aliphatic hydroxyl groups excluding tert-OH is 1. The average molecular weight is 660 g/mol. The smallest absolute Gasteiger partial charge is 0.301 e. The van der Waals surface area contributed by atoms with Crippen LogP contribution in [0.1, 0.15) is 49.4 Å². The van der Waals surface area contributed by atoms with Crippen molar-refractivity contribution in [3.63, 3.8) is 0 Å². The van der Waals surface area contributed by atoms with E-state index in [1.165, 1.54) is 28.0 Å². The van der Waals surface area contributed by atoms with Gasteiger partial charge in [0.2, 0.25) is 5.13 Å². The van der Waals surface area contributed by atoms with Crippen molar-refractivity contribution in [2.45, 2.75) is 42.8 Å². The fraction of sp³-hybridized carbons (Fsp3) is 0.294. The number of rotatable bonds is 12. The number of fused-ring (bicyclic) bond motifs is 1. The Balaban J connectivity index is 1.42. The normalized spacial score (nSPS) is 16.9. The molecule has 1 amide bonds. The largest absolute Gasteiger partial charge is 0.507 e. The number of thioether (sulfide) groups is 1. The summed E-state index contributed by atoms with van der Waals surface area (Å²) in [5, 5.41) is 20.6. The molecule has 1 N–H and O–H groups in total. The molecule has 0 aliphatic carbocycles. The summed E-state index contributed by atoms with van der Waals surface area (Å²) in [6.45, 7) is 5.62. The van der Waals surface area contributed by atoms with E-state index in [-0.39, 0.29) is 16.5 Å². The molecule has 1 atom stereocenters. The summed E-state index contributed by atoms with van der Waals surface area (Å²) >= 11 is 2.70. The SMILES string of the molecule is CCCCOc1ccc([C@H]2/C(=C(\O)c3ccc4c(c3)OCCO4)C(=O)C(=O)N2c2nnc(SCc3ccccc3)s2)cc1OCC. The predicted molar refractivity (Wildman–Crippen MR) is 176 cm³/mol. The van der Waals surface area contributed by atoms with Crippen molar-refractivity contribution in [1.82, 2.24) is 10.2 Å². The van der Waals surface area contributed by atoms with Gasteiger partial charge < -0.3 is 24.1 Å². The van der Waals surface area contributed by atoms with Crippen LogP contribution in [0, 0.1) is 0 Å². The zero-order chi connectivity index (χ0) is 32.0. The van der Waals surface area contributed by atoms with Gasteiger partial charge in [0, 0.05) is 11.3 Å². The monoisotopic (exact) mass is 659 g/mol. The summed E-state index contributed by atoms with van der Waals surface area (Å²) in [6.07, 6.45) is 1.86. The first-order valence-corrected chi connectivity index (χ1v) is 16.9. The van der Waals surface area contributed by atoms with E-state index in [4.69, 9.17) is 18.9 Å². The van der Waals surface area contributed by atoms with Gasteiger partial charge in [-0.2, -0.15) is 0 Å². The molecule has 0 unspecified atom stereocenters. The van der Waals surface area contributed by atoms with Gasteiger partial charge in [0.15, 0.2) is 27.3 Å². The molecule has 2 aliphatic rings. The molecule has 0 spiro atoms. The van der Waals surface area contributed by atoms with Crippen LogP contribution in [0.5, 0.6) is 23.0 Å². The highest BCUT2D eigenvalue weighted by atomic mass is 32.2. The summed E-state index contributed by atoms with van der Waals surface area (Å²) in [5.74, 6) is 0.669. The number of amides is 1. The van der Waals surface area contributed by atoms with Crippen LogP contribution in [0.15, 0.2) is 76.6 Å². The highest BCUT2D eigenvalue weighted by Crippen LogP contribution is 2.46. The summed E-state index contributed by atoms with van der Waals surface area (Å²) in [5.41, 5.74) is 1.89. The average Bonchev–Trinajstić information content (AvgIpc) is 3.66. The van der Waals surface area contributed by atoms with Gasteiger partial charge in [-0.1, -0.05) is 72.8 Å². The molecule has 4 aromatic rings. The van der Waals surface area contributed by atoms with Crippen LogP contribution in [0.2, 0.25) is 0 Å². The molecule has 1 saturated heterocycles. The summed E-state index contributed by atoms with van der Waals surface area (Å²) in [4.78, 5) is 28.9. The van der Waals surface area contributed by atoms with Gasteiger partial charge in [0.25, 0.3) is 5.78 Å². The van der Waals surface area contributed by atoms with Gasteiger partial charge in [0.1, 0.15) is 19.0 Å². The first-order valence-electron chi connectivity index (χ1n) is 15.1. The van der Waals surface area contributed by atoms with E-state index < -0.39 is 17.7 Å². The molecule has 6 rings (SSSR count). The minimum Gasteiger partial charge on any atom is -0.507 e. The van der Waals surface area contributed by atoms with E-state index in [1.54, 1.807) is 36.4 Å². The third-order valence-electron chi connectivity index (χ3n) is 7.41. The second kappa shape index (κ2) is 14.3. The molecule has 0 bridgehead atoms. The van der Waals surface area contributed by atoms with Crippen LogP contribution in [0.3, 0.4) is 0 Å². The number of nitrogens with zero attached hydrogens (tertiary/aromatic N) is 3. The van der Waals surface area contributed by atoms with Gasteiger partial charge in [-0.15, -0.1) is 10.2 Å². The van der Waals surface area contributed by atoms with Gasteiger partial charge in [-0.25, -0.2) is 0 Å². The Morgan fingerprint density at radius 1 is 0.978 bits per heavy atom. The standard InChI is InChI=1S/C34H33N3O7S2/c1-3-5-15-42-24-13-11-22(18-26(24)41-4-2)29-28(30(38)23-12-14-25-27(19-23)44-17-16-43-25)31(39)32(40)37(29)33-35-36-34(46-33)45-20-21-9-7-6-8-10-21/h6-14,18-19,29,38H,3-5,15-17,20H2,1-2H3/b30-28+/t29-/m0/s1. The number of ether oxygens (including phenoxy) is 4. The first-order chi connectivity index (χ1) is 22.5. The molecular weight excluding hydrogens is 627 g/mol. The molecule has 1 fully saturated rings. The number of benzene rings is 3. The van der Waals surface area contributed by atoms with E-state index in [1.807, 2.05) is 37.3 Å². The Labute approximate surface area is 275 Å². The van der Waals surface area contributed by atoms with Crippen molar-refractivity contribution in [2.24, 2.45) is 0 Å². The van der Waals surface area contributed by atoms with Crippen molar-refractivity contribution >= 4 is 45.7 Å². The maximum absolute atomic E-state index is 13.8. The van der Waals surface area contributed by atoms with Crippen LogP contribution >= 0.6 is 23.1 Å². The summed E-state index contributed by atoms with van der Waals surface area (Å²) in [6, 6.07) is 19.1. The number of ketones is 1. The lowest BCUT2D eigenvalue weighted by Gasteiger charge is -2.24. The lowest BCUT2D eigenvalue weighted by molar-refractivity contribution is -0.132. The van der Waals surface area contributed by atoms with E-state index >= 15 is 0 Å². The second-order valence-corrected chi connectivity index (χ2v) is 12.7. The quantitative estimate of drug-likeness (QED) is 0.0434. The van der Waals surface area contributed by atoms with Gasteiger partial charge in [-0.3, -0.25) is 14.5 Å². The zero-order valence-electron chi connectivity index (χ0n) is 25.4. The van der Waals surface area contributed by atoms with Crippen molar-refractivity contribution in [3.8, 4) is 23.0 Å². The Morgan fingerprint density at radius 2 is 1.78 bits per heavy atom. The van der Waals surface area contributed by atoms with E-state index in [0.29, 0.717) is 70.6 Å². The molecular formula is C34H33N3O7S2. The van der Waals surface area contributed by atoms with E-state index in [9.17, 15) is 14.7 Å². The van der Waals surface area contributed by atoms with Crippen molar-refractivity contribution in [1.29, 1.82) is 0 Å². The molecule has 2 aliphatic heterocycles. The van der Waals surface area contributed by atoms with Gasteiger partial charge >= 0.3 is 5.91 Å². The maximum atomic E-state index is 13.8. The number of Topliss-reactive ketones (excluding diaryl/α,β-unsaturated/α-hetero) is 1. The van der Waals surface area contributed by atoms with Crippen molar-refractivity contribution in [2.75, 3.05) is 31.3 Å². The summed E-state index contributed by atoms with van der Waals surface area (Å²) in [7, 11) is 0.